The zero-order valence-electron chi connectivity index (χ0n) is 12.1. The Labute approximate surface area is 143 Å². The van der Waals surface area contributed by atoms with Crippen molar-refractivity contribution in [3.05, 3.63) is 56.6 Å². The number of hydrogen-bond acceptors (Lipinski definition) is 6. The molecule has 0 aliphatic rings. The van der Waals surface area contributed by atoms with Crippen LogP contribution >= 0.6 is 23.8 Å². The van der Waals surface area contributed by atoms with Gasteiger partial charge in [0.05, 0.1) is 21.9 Å². The molecular formula is C14H13ClN3O4S-. The highest BCUT2D eigenvalue weighted by atomic mass is 35.5. The second kappa shape index (κ2) is 8.31. The number of halogens is 1. The predicted molar refractivity (Wildman–Crippen MR) is 85.7 cm³/mol. The minimum absolute atomic E-state index is 0.0478. The molecule has 0 amide bonds. The minimum atomic E-state index is -1.26. The SMILES string of the molecule is CCO/C([O-])=C(/C(c1ccc(Cl)cc1)C(C#N)C(N)=S)[N+](=O)[O-]. The van der Waals surface area contributed by atoms with Crippen molar-refractivity contribution in [2.45, 2.75) is 12.8 Å². The molecule has 9 heteroatoms. The normalized spacial score (nSPS) is 14.1. The zero-order valence-corrected chi connectivity index (χ0v) is 13.6. The van der Waals surface area contributed by atoms with Crippen LogP contribution in [0.15, 0.2) is 35.9 Å². The summed E-state index contributed by atoms with van der Waals surface area (Å²) in [4.78, 5) is 10.3. The molecule has 23 heavy (non-hydrogen) atoms. The van der Waals surface area contributed by atoms with E-state index in [-0.39, 0.29) is 11.6 Å². The number of nitriles is 1. The molecule has 0 fully saturated rings. The minimum Gasteiger partial charge on any atom is -0.609 e. The average Bonchev–Trinajstić information content (AvgIpc) is 2.47. The Kier molecular flexibility index (Phi) is 6.75. The van der Waals surface area contributed by atoms with Crippen molar-refractivity contribution in [3.8, 4) is 6.07 Å². The molecule has 0 heterocycles. The summed E-state index contributed by atoms with van der Waals surface area (Å²) in [6, 6.07) is 7.73. The van der Waals surface area contributed by atoms with Crippen LogP contribution in [0.2, 0.25) is 5.02 Å². The third-order valence-electron chi connectivity index (χ3n) is 2.98. The summed E-state index contributed by atoms with van der Waals surface area (Å²) in [7, 11) is 0. The van der Waals surface area contributed by atoms with Gasteiger partial charge < -0.3 is 15.6 Å². The van der Waals surface area contributed by atoms with Crippen molar-refractivity contribution in [2.24, 2.45) is 11.7 Å². The molecule has 0 aromatic heterocycles. The van der Waals surface area contributed by atoms with Gasteiger partial charge in [-0.1, -0.05) is 42.9 Å². The Morgan fingerprint density at radius 1 is 1.52 bits per heavy atom. The van der Waals surface area contributed by atoms with Crippen LogP contribution in [0, 0.1) is 27.4 Å². The van der Waals surface area contributed by atoms with Gasteiger partial charge >= 0.3 is 0 Å². The largest absolute Gasteiger partial charge is 0.609 e. The standard InChI is InChI=1S/C14H14ClN3O4S/c1-2-22-14(19)12(18(20)21)11(10(7-16)13(17)23)8-3-5-9(15)6-4-8/h3-6,10-11,19H,2H2,1H3,(H2,17,23)/p-1/b14-12-. The molecule has 1 rings (SSSR count). The third kappa shape index (κ3) is 4.55. The molecule has 1 aromatic rings. The molecule has 2 unspecified atom stereocenters. The van der Waals surface area contributed by atoms with E-state index in [0.717, 1.165) is 0 Å². The zero-order chi connectivity index (χ0) is 17.6. The number of nitro groups is 1. The van der Waals surface area contributed by atoms with Crippen molar-refractivity contribution < 1.29 is 14.8 Å². The van der Waals surface area contributed by atoms with Gasteiger partial charge in [-0.25, -0.2) is 0 Å². The fourth-order valence-corrected chi connectivity index (χ4v) is 2.32. The summed E-state index contributed by atoms with van der Waals surface area (Å²) < 4.78 is 4.73. The van der Waals surface area contributed by atoms with Crippen LogP contribution in [-0.4, -0.2) is 16.5 Å². The summed E-state index contributed by atoms with van der Waals surface area (Å²) in [5, 5.41) is 33.1. The van der Waals surface area contributed by atoms with Crippen molar-refractivity contribution in [1.29, 1.82) is 5.26 Å². The first-order valence-corrected chi connectivity index (χ1v) is 7.24. The van der Waals surface area contributed by atoms with E-state index in [9.17, 15) is 20.5 Å². The van der Waals surface area contributed by atoms with Gasteiger partial charge in [-0.05, 0) is 24.3 Å². The Balaban J connectivity index is 3.58. The Bertz CT molecular complexity index is 670. The molecule has 0 saturated carbocycles. The summed E-state index contributed by atoms with van der Waals surface area (Å²) in [5.41, 5.74) is 5.04. The highest BCUT2D eigenvalue weighted by molar-refractivity contribution is 7.80. The molecule has 7 nitrogen and oxygen atoms in total. The average molecular weight is 355 g/mol. The van der Waals surface area contributed by atoms with Gasteiger partial charge in [0.1, 0.15) is 11.9 Å². The van der Waals surface area contributed by atoms with Crippen LogP contribution in [0.1, 0.15) is 18.4 Å². The topological polar surface area (TPSA) is 125 Å². The van der Waals surface area contributed by atoms with Gasteiger partial charge in [-0.2, -0.15) is 5.26 Å². The summed E-state index contributed by atoms with van der Waals surface area (Å²) in [5.74, 6) is -3.63. The molecule has 122 valence electrons. The van der Waals surface area contributed by atoms with Gasteiger partial charge in [-0.15, -0.1) is 0 Å². The van der Waals surface area contributed by atoms with E-state index >= 15 is 0 Å². The molecular weight excluding hydrogens is 342 g/mol. The lowest BCUT2D eigenvalue weighted by atomic mass is 9.84. The number of nitrogens with zero attached hydrogens (tertiary/aromatic N) is 2. The summed E-state index contributed by atoms with van der Waals surface area (Å²) >= 11 is 10.6. The Morgan fingerprint density at radius 3 is 2.48 bits per heavy atom. The number of hydrogen-bond donors (Lipinski definition) is 1. The van der Waals surface area contributed by atoms with Crippen LogP contribution in [-0.2, 0) is 4.74 Å². The van der Waals surface area contributed by atoms with Crippen LogP contribution in [0.5, 0.6) is 0 Å². The Morgan fingerprint density at radius 2 is 2.09 bits per heavy atom. The van der Waals surface area contributed by atoms with Crippen molar-refractivity contribution in [2.75, 3.05) is 6.61 Å². The van der Waals surface area contributed by atoms with Gasteiger partial charge in [-0.3, -0.25) is 10.1 Å². The molecule has 0 saturated heterocycles. The molecule has 1 aromatic carbocycles. The van der Waals surface area contributed by atoms with Crippen LogP contribution in [0.4, 0.5) is 0 Å². The number of rotatable bonds is 7. The fourth-order valence-electron chi connectivity index (χ4n) is 2.00. The van der Waals surface area contributed by atoms with E-state index in [1.54, 1.807) is 0 Å². The van der Waals surface area contributed by atoms with Crippen molar-refractivity contribution in [3.63, 3.8) is 0 Å². The maximum Gasteiger partial charge on any atom is 0.276 e. The highest BCUT2D eigenvalue weighted by Gasteiger charge is 2.37. The molecule has 0 radical (unpaired) electrons. The van der Waals surface area contributed by atoms with E-state index in [2.05, 4.69) is 0 Å². The second-order valence-electron chi connectivity index (χ2n) is 4.40. The molecule has 0 spiro atoms. The first-order chi connectivity index (χ1) is 10.8. The monoisotopic (exact) mass is 354 g/mol. The van der Waals surface area contributed by atoms with Gasteiger partial charge in [0.15, 0.2) is 0 Å². The lowest BCUT2D eigenvalue weighted by molar-refractivity contribution is -0.461. The van der Waals surface area contributed by atoms with Gasteiger partial charge in [0.25, 0.3) is 5.70 Å². The first kappa shape index (κ1) is 18.7. The smallest absolute Gasteiger partial charge is 0.276 e. The third-order valence-corrected chi connectivity index (χ3v) is 3.49. The molecule has 2 atom stereocenters. The van der Waals surface area contributed by atoms with Gasteiger partial charge in [0.2, 0.25) is 0 Å². The number of nitrogens with two attached hydrogens (primary N) is 1. The number of ether oxygens (including phenoxy) is 1. The van der Waals surface area contributed by atoms with Crippen LogP contribution in [0.3, 0.4) is 0 Å². The maximum atomic E-state index is 12.0. The Hall–Kier alpha value is -2.37. The van der Waals surface area contributed by atoms with Gasteiger partial charge in [0, 0.05) is 5.02 Å². The van der Waals surface area contributed by atoms with Crippen molar-refractivity contribution in [1.82, 2.24) is 0 Å². The van der Waals surface area contributed by atoms with Crippen molar-refractivity contribution >= 4 is 28.8 Å². The lowest BCUT2D eigenvalue weighted by Crippen LogP contribution is -2.31. The predicted octanol–water partition coefficient (Wildman–Crippen LogP) is 1.69. The molecule has 2 N–H and O–H groups in total. The molecule has 0 aliphatic heterocycles. The highest BCUT2D eigenvalue weighted by Crippen LogP contribution is 2.34. The quantitative estimate of drug-likeness (QED) is 0.341. The van der Waals surface area contributed by atoms with Crippen LogP contribution < -0.4 is 10.8 Å². The summed E-state index contributed by atoms with van der Waals surface area (Å²) in [6.07, 6.45) is 0. The lowest BCUT2D eigenvalue weighted by Gasteiger charge is -2.23. The number of allylic oxidation sites excluding steroid dienone is 1. The van der Waals surface area contributed by atoms with E-state index in [1.807, 2.05) is 6.07 Å². The summed E-state index contributed by atoms with van der Waals surface area (Å²) in [6.45, 7) is 1.47. The molecule has 0 bridgehead atoms. The second-order valence-corrected chi connectivity index (χ2v) is 5.31. The first-order valence-electron chi connectivity index (χ1n) is 6.46. The van der Waals surface area contributed by atoms with E-state index < -0.39 is 28.4 Å². The van der Waals surface area contributed by atoms with E-state index in [0.29, 0.717) is 10.6 Å². The number of benzene rings is 1. The fraction of sp³-hybridized carbons (Fsp3) is 0.286. The van der Waals surface area contributed by atoms with E-state index in [4.69, 9.17) is 34.3 Å². The van der Waals surface area contributed by atoms with E-state index in [1.165, 1.54) is 31.2 Å². The molecule has 0 aliphatic carbocycles. The maximum absolute atomic E-state index is 12.0. The van der Waals surface area contributed by atoms with Crippen LogP contribution in [0.25, 0.3) is 0 Å². The number of thiocarbonyl (C=S) groups is 1.